The first-order valence-electron chi connectivity index (χ1n) is 8.52. The summed E-state index contributed by atoms with van der Waals surface area (Å²) in [5, 5.41) is 10.8. The largest absolute Gasteiger partial charge is 0.353 e. The Morgan fingerprint density at radius 3 is 2.96 bits per heavy atom. The maximum Gasteiger partial charge on any atom is 0.259 e. The maximum atomic E-state index is 12.2. The molecule has 1 aliphatic carbocycles. The van der Waals surface area contributed by atoms with Crippen molar-refractivity contribution in [1.29, 1.82) is 0 Å². The summed E-state index contributed by atoms with van der Waals surface area (Å²) in [6.45, 7) is 3.42. The van der Waals surface area contributed by atoms with E-state index >= 15 is 0 Å². The van der Waals surface area contributed by atoms with E-state index in [9.17, 15) is 4.79 Å². The molecule has 2 aliphatic rings. The number of rotatable bonds is 3. The van der Waals surface area contributed by atoms with E-state index in [1.165, 1.54) is 37.0 Å². The first-order valence-corrected chi connectivity index (χ1v) is 9.40. The van der Waals surface area contributed by atoms with Crippen molar-refractivity contribution in [2.24, 2.45) is 11.8 Å². The van der Waals surface area contributed by atoms with Gasteiger partial charge in [-0.25, -0.2) is 4.98 Å². The minimum atomic E-state index is -0.198. The number of nitrogens with zero attached hydrogens (tertiary/aromatic N) is 4. The Balaban J connectivity index is 1.48. The normalized spacial score (nSPS) is 26.2. The maximum absolute atomic E-state index is 12.2. The van der Waals surface area contributed by atoms with E-state index in [2.05, 4.69) is 32.3 Å². The Morgan fingerprint density at radius 1 is 1.33 bits per heavy atom. The Morgan fingerprint density at radius 2 is 2.21 bits per heavy atom. The predicted molar refractivity (Wildman–Crippen MR) is 94.4 cm³/mol. The third-order valence-corrected chi connectivity index (χ3v) is 5.89. The molecule has 7 heteroatoms. The highest BCUT2D eigenvalue weighted by Crippen LogP contribution is 2.41. The van der Waals surface area contributed by atoms with Crippen LogP contribution in [0.15, 0.2) is 23.8 Å². The van der Waals surface area contributed by atoms with E-state index in [0.29, 0.717) is 16.7 Å². The summed E-state index contributed by atoms with van der Waals surface area (Å²) >= 11 is 1.30. The lowest BCUT2D eigenvalue weighted by Crippen LogP contribution is -2.35. The van der Waals surface area contributed by atoms with Crippen LogP contribution in [0.25, 0.3) is 0 Å². The summed E-state index contributed by atoms with van der Waals surface area (Å²) in [7, 11) is 0. The zero-order valence-corrected chi connectivity index (χ0v) is 14.5. The molecular formula is C17H21N5OS. The molecule has 0 spiro atoms. The second kappa shape index (κ2) is 6.47. The fourth-order valence-corrected chi connectivity index (χ4v) is 4.56. The van der Waals surface area contributed by atoms with Gasteiger partial charge in [0.1, 0.15) is 11.3 Å². The van der Waals surface area contributed by atoms with Crippen LogP contribution in [0.2, 0.25) is 0 Å². The summed E-state index contributed by atoms with van der Waals surface area (Å²) < 4.78 is 0. The van der Waals surface area contributed by atoms with Gasteiger partial charge in [0.05, 0.1) is 5.56 Å². The third-order valence-electron chi connectivity index (χ3n) is 5.28. The lowest BCUT2D eigenvalue weighted by molar-refractivity contribution is 0.102. The smallest absolute Gasteiger partial charge is 0.259 e. The van der Waals surface area contributed by atoms with Gasteiger partial charge in [-0.3, -0.25) is 10.1 Å². The minimum absolute atomic E-state index is 0.198. The Bertz CT molecular complexity index is 702. The second-order valence-electron chi connectivity index (χ2n) is 6.75. The van der Waals surface area contributed by atoms with E-state index in [-0.39, 0.29) is 5.91 Å². The Hall–Kier alpha value is -2.02. The highest BCUT2D eigenvalue weighted by molar-refractivity contribution is 7.13. The van der Waals surface area contributed by atoms with Crippen LogP contribution >= 0.6 is 11.3 Å². The van der Waals surface area contributed by atoms with Crippen molar-refractivity contribution in [3.63, 3.8) is 0 Å². The van der Waals surface area contributed by atoms with Crippen LogP contribution in [-0.2, 0) is 0 Å². The van der Waals surface area contributed by atoms with Crippen LogP contribution in [0.5, 0.6) is 0 Å². The van der Waals surface area contributed by atoms with Crippen molar-refractivity contribution >= 4 is 28.2 Å². The molecule has 2 fully saturated rings. The number of anilines is 2. The summed E-state index contributed by atoms with van der Waals surface area (Å²) in [5.41, 5.74) is 2.13. The van der Waals surface area contributed by atoms with Gasteiger partial charge in [0.15, 0.2) is 0 Å². The van der Waals surface area contributed by atoms with Crippen LogP contribution in [0.1, 0.15) is 43.0 Å². The SMILES string of the molecule is CC1CN(c2ccc(C(=O)Nc3nncs3)cn2)C2CCCCC12. The average Bonchev–Trinajstić information content (AvgIpc) is 3.24. The number of nitrogens with one attached hydrogen (secondary N) is 1. The van der Waals surface area contributed by atoms with Crippen LogP contribution < -0.4 is 10.2 Å². The molecule has 3 unspecified atom stereocenters. The molecule has 1 saturated carbocycles. The number of aromatic nitrogens is 3. The molecular weight excluding hydrogens is 322 g/mol. The number of amides is 1. The van der Waals surface area contributed by atoms with Crippen molar-refractivity contribution in [2.45, 2.75) is 38.6 Å². The second-order valence-corrected chi connectivity index (χ2v) is 7.58. The molecule has 1 aliphatic heterocycles. The van der Waals surface area contributed by atoms with Gasteiger partial charge in [-0.15, -0.1) is 10.2 Å². The summed E-state index contributed by atoms with van der Waals surface area (Å²) in [5.74, 6) is 2.30. The first kappa shape index (κ1) is 15.5. The fourth-order valence-electron chi connectivity index (χ4n) is 4.12. The van der Waals surface area contributed by atoms with E-state index in [1.807, 2.05) is 12.1 Å². The molecule has 1 amide bonds. The van der Waals surface area contributed by atoms with E-state index in [1.54, 1.807) is 11.7 Å². The molecule has 6 nitrogen and oxygen atoms in total. The van der Waals surface area contributed by atoms with Crippen molar-refractivity contribution in [3.8, 4) is 0 Å². The molecule has 24 heavy (non-hydrogen) atoms. The lowest BCUT2D eigenvalue weighted by atomic mass is 9.80. The molecule has 2 aromatic rings. The number of hydrogen-bond acceptors (Lipinski definition) is 6. The van der Waals surface area contributed by atoms with Gasteiger partial charge in [0.25, 0.3) is 5.91 Å². The van der Waals surface area contributed by atoms with Crippen LogP contribution in [-0.4, -0.2) is 33.7 Å². The summed E-state index contributed by atoms with van der Waals surface area (Å²) in [6, 6.07) is 4.43. The monoisotopic (exact) mass is 343 g/mol. The number of pyridine rings is 1. The Kier molecular flexibility index (Phi) is 4.18. The molecule has 3 atom stereocenters. The average molecular weight is 343 g/mol. The first-order chi connectivity index (χ1) is 11.7. The zero-order valence-electron chi connectivity index (χ0n) is 13.7. The van der Waals surface area contributed by atoms with Gasteiger partial charge >= 0.3 is 0 Å². The van der Waals surface area contributed by atoms with Crippen LogP contribution in [0, 0.1) is 11.8 Å². The molecule has 4 rings (SSSR count). The van der Waals surface area contributed by atoms with Crippen molar-refractivity contribution in [3.05, 3.63) is 29.4 Å². The number of carbonyl (C=O) groups is 1. The van der Waals surface area contributed by atoms with Gasteiger partial charge in [0, 0.05) is 18.8 Å². The van der Waals surface area contributed by atoms with Crippen LogP contribution in [0.4, 0.5) is 10.9 Å². The quantitative estimate of drug-likeness (QED) is 0.926. The topological polar surface area (TPSA) is 71.0 Å². The van der Waals surface area contributed by atoms with Gasteiger partial charge in [-0.05, 0) is 36.8 Å². The summed E-state index contributed by atoms with van der Waals surface area (Å²) in [6.07, 6.45) is 6.93. The molecule has 2 aromatic heterocycles. The number of fused-ring (bicyclic) bond motifs is 1. The van der Waals surface area contributed by atoms with Gasteiger partial charge in [0.2, 0.25) is 5.13 Å². The lowest BCUT2D eigenvalue weighted by Gasteiger charge is -2.32. The highest BCUT2D eigenvalue weighted by atomic mass is 32.1. The van der Waals surface area contributed by atoms with Crippen molar-refractivity contribution in [1.82, 2.24) is 15.2 Å². The third kappa shape index (κ3) is 2.88. The molecule has 0 bridgehead atoms. The number of hydrogen-bond donors (Lipinski definition) is 1. The van der Waals surface area contributed by atoms with E-state index < -0.39 is 0 Å². The molecule has 1 saturated heterocycles. The highest BCUT2D eigenvalue weighted by Gasteiger charge is 2.40. The molecule has 0 radical (unpaired) electrons. The molecule has 126 valence electrons. The van der Waals surface area contributed by atoms with Crippen molar-refractivity contribution < 1.29 is 4.79 Å². The molecule has 3 heterocycles. The standard InChI is InChI=1S/C17H21N5OS/c1-11-9-22(14-5-3-2-4-13(11)14)15-7-6-12(8-18-15)16(23)20-17-21-19-10-24-17/h6-8,10-11,13-14H,2-5,9H2,1H3,(H,20,21,23). The van der Waals surface area contributed by atoms with E-state index in [4.69, 9.17) is 0 Å². The Labute approximate surface area is 145 Å². The van der Waals surface area contributed by atoms with Crippen molar-refractivity contribution in [2.75, 3.05) is 16.8 Å². The molecule has 1 N–H and O–H groups in total. The van der Waals surface area contributed by atoms with E-state index in [0.717, 1.165) is 24.2 Å². The summed E-state index contributed by atoms with van der Waals surface area (Å²) in [4.78, 5) is 19.2. The zero-order chi connectivity index (χ0) is 16.5. The van der Waals surface area contributed by atoms with Gasteiger partial charge in [-0.1, -0.05) is 31.1 Å². The predicted octanol–water partition coefficient (Wildman–Crippen LogP) is 3.20. The number of carbonyl (C=O) groups excluding carboxylic acids is 1. The molecule has 0 aromatic carbocycles. The van der Waals surface area contributed by atoms with Crippen LogP contribution in [0.3, 0.4) is 0 Å². The fraction of sp³-hybridized carbons (Fsp3) is 0.529. The minimum Gasteiger partial charge on any atom is -0.353 e. The van der Waals surface area contributed by atoms with Gasteiger partial charge in [-0.2, -0.15) is 0 Å². The van der Waals surface area contributed by atoms with Gasteiger partial charge < -0.3 is 4.90 Å².